The molecule has 114 valence electrons. The lowest BCUT2D eigenvalue weighted by atomic mass is 10.0. The number of nitrogens with one attached hydrogen (secondary N) is 2. The molecular weight excluding hydrogens is 371 g/mol. The fraction of sp³-hybridized carbons (Fsp3) is 0.923. The molecule has 4 nitrogen and oxygen atoms in total. The quantitative estimate of drug-likeness (QED) is 0.421. The molecule has 0 radical (unpaired) electrons. The van der Waals surface area contributed by atoms with Crippen LogP contribution in [0.4, 0.5) is 0 Å². The van der Waals surface area contributed by atoms with E-state index in [1.807, 2.05) is 7.05 Å². The molecule has 1 aliphatic rings. The molecule has 0 amide bonds. The first kappa shape index (κ1) is 19.3. The molecular formula is C13H29IN4S. The zero-order valence-corrected chi connectivity index (χ0v) is 16.0. The Bertz CT molecular complexity index is 276. The first-order valence-corrected chi connectivity index (χ1v) is 7.74. The molecule has 0 saturated carbocycles. The molecule has 19 heavy (non-hydrogen) atoms. The van der Waals surface area contributed by atoms with Gasteiger partial charge in [0.15, 0.2) is 5.96 Å². The number of hydrogen-bond acceptors (Lipinski definition) is 3. The van der Waals surface area contributed by atoms with Gasteiger partial charge in [-0.2, -0.15) is 11.8 Å². The summed E-state index contributed by atoms with van der Waals surface area (Å²) in [7, 11) is 6.04. The monoisotopic (exact) mass is 400 g/mol. The van der Waals surface area contributed by atoms with E-state index in [4.69, 9.17) is 0 Å². The van der Waals surface area contributed by atoms with Gasteiger partial charge in [-0.3, -0.25) is 4.99 Å². The molecule has 1 unspecified atom stereocenters. The maximum Gasteiger partial charge on any atom is 0.191 e. The summed E-state index contributed by atoms with van der Waals surface area (Å²) in [6.07, 6.45) is 2.69. The number of halogens is 1. The minimum Gasteiger partial charge on any atom is -0.355 e. The molecule has 0 aromatic carbocycles. The van der Waals surface area contributed by atoms with Crippen LogP contribution in [0.25, 0.3) is 0 Å². The third-order valence-electron chi connectivity index (χ3n) is 3.64. The van der Waals surface area contributed by atoms with Crippen molar-refractivity contribution in [2.75, 3.05) is 40.0 Å². The maximum absolute atomic E-state index is 4.28. The molecule has 0 bridgehead atoms. The number of likely N-dealkylation sites (N-methyl/N-ethyl adjacent to an activating group) is 1. The Balaban J connectivity index is 0.00000324. The SMILES string of the molecule is CN=C(NCC1CCCS1)NCC(C)(C)N(C)C.I. The van der Waals surface area contributed by atoms with Crippen molar-refractivity contribution in [2.24, 2.45) is 4.99 Å². The Morgan fingerprint density at radius 3 is 2.53 bits per heavy atom. The molecule has 6 heteroatoms. The summed E-state index contributed by atoms with van der Waals surface area (Å²) >= 11 is 2.07. The summed E-state index contributed by atoms with van der Waals surface area (Å²) in [4.78, 5) is 6.50. The molecule has 1 heterocycles. The number of hydrogen-bond donors (Lipinski definition) is 2. The highest BCUT2D eigenvalue weighted by molar-refractivity contribution is 14.0. The molecule has 0 aromatic rings. The van der Waals surface area contributed by atoms with Crippen LogP contribution in [0.15, 0.2) is 4.99 Å². The van der Waals surface area contributed by atoms with E-state index in [1.54, 1.807) is 0 Å². The standard InChI is InChI=1S/C13H28N4S.HI/c1-13(2,17(4)5)10-16-12(14-3)15-9-11-7-6-8-18-11;/h11H,6-10H2,1-5H3,(H2,14,15,16);1H. The van der Waals surface area contributed by atoms with Crippen LogP contribution in [0.3, 0.4) is 0 Å². The zero-order chi connectivity index (χ0) is 13.6. The molecule has 0 spiro atoms. The molecule has 1 aliphatic heterocycles. The number of rotatable bonds is 5. The number of nitrogens with zero attached hydrogens (tertiary/aromatic N) is 2. The Morgan fingerprint density at radius 2 is 2.05 bits per heavy atom. The summed E-state index contributed by atoms with van der Waals surface area (Å²) in [6.45, 7) is 6.35. The van der Waals surface area contributed by atoms with Gasteiger partial charge in [-0.15, -0.1) is 24.0 Å². The van der Waals surface area contributed by atoms with Crippen molar-refractivity contribution in [3.63, 3.8) is 0 Å². The van der Waals surface area contributed by atoms with Crippen LogP contribution in [-0.4, -0.2) is 61.6 Å². The fourth-order valence-electron chi connectivity index (χ4n) is 1.69. The van der Waals surface area contributed by atoms with Crippen molar-refractivity contribution in [1.29, 1.82) is 0 Å². The molecule has 1 saturated heterocycles. The molecule has 0 aromatic heterocycles. The predicted octanol–water partition coefficient (Wildman–Crippen LogP) is 2.01. The van der Waals surface area contributed by atoms with Crippen molar-refractivity contribution >= 4 is 41.7 Å². The van der Waals surface area contributed by atoms with Gasteiger partial charge in [0, 0.05) is 30.9 Å². The van der Waals surface area contributed by atoms with Gasteiger partial charge in [0.1, 0.15) is 0 Å². The van der Waals surface area contributed by atoms with Crippen LogP contribution in [0.1, 0.15) is 26.7 Å². The summed E-state index contributed by atoms with van der Waals surface area (Å²) in [5.74, 6) is 2.23. The van der Waals surface area contributed by atoms with E-state index in [0.717, 1.165) is 24.3 Å². The second-order valence-electron chi connectivity index (χ2n) is 5.65. The number of aliphatic imine (C=N–C) groups is 1. The van der Waals surface area contributed by atoms with Crippen LogP contribution in [0.5, 0.6) is 0 Å². The second kappa shape index (κ2) is 9.28. The highest BCUT2D eigenvalue weighted by atomic mass is 127. The van der Waals surface area contributed by atoms with E-state index < -0.39 is 0 Å². The average Bonchev–Trinajstić information content (AvgIpc) is 2.82. The highest BCUT2D eigenvalue weighted by Crippen LogP contribution is 2.25. The summed E-state index contributed by atoms with van der Waals surface area (Å²) in [6, 6.07) is 0. The summed E-state index contributed by atoms with van der Waals surface area (Å²) in [5.41, 5.74) is 0.125. The van der Waals surface area contributed by atoms with Crippen LogP contribution in [0, 0.1) is 0 Å². The molecule has 1 atom stereocenters. The minimum absolute atomic E-state index is 0. The van der Waals surface area contributed by atoms with Crippen molar-refractivity contribution in [2.45, 2.75) is 37.5 Å². The van der Waals surface area contributed by atoms with E-state index in [0.29, 0.717) is 0 Å². The van der Waals surface area contributed by atoms with Gasteiger partial charge in [-0.1, -0.05) is 0 Å². The van der Waals surface area contributed by atoms with Gasteiger partial charge in [0.2, 0.25) is 0 Å². The lowest BCUT2D eigenvalue weighted by molar-refractivity contribution is 0.197. The van der Waals surface area contributed by atoms with Gasteiger partial charge in [-0.25, -0.2) is 0 Å². The van der Waals surface area contributed by atoms with Crippen LogP contribution < -0.4 is 10.6 Å². The van der Waals surface area contributed by atoms with Crippen molar-refractivity contribution in [1.82, 2.24) is 15.5 Å². The normalized spacial score (nSPS) is 20.3. The van der Waals surface area contributed by atoms with Crippen molar-refractivity contribution in [3.05, 3.63) is 0 Å². The van der Waals surface area contributed by atoms with Gasteiger partial charge in [0.05, 0.1) is 0 Å². The van der Waals surface area contributed by atoms with E-state index in [1.165, 1.54) is 18.6 Å². The van der Waals surface area contributed by atoms with Crippen molar-refractivity contribution in [3.8, 4) is 0 Å². The molecule has 2 N–H and O–H groups in total. The van der Waals surface area contributed by atoms with Crippen LogP contribution in [-0.2, 0) is 0 Å². The average molecular weight is 400 g/mol. The minimum atomic E-state index is 0. The molecule has 1 fully saturated rings. The van der Waals surface area contributed by atoms with Gasteiger partial charge in [0.25, 0.3) is 0 Å². The van der Waals surface area contributed by atoms with Gasteiger partial charge >= 0.3 is 0 Å². The second-order valence-corrected chi connectivity index (χ2v) is 7.06. The third kappa shape index (κ3) is 7.04. The van der Waals surface area contributed by atoms with Crippen LogP contribution >= 0.6 is 35.7 Å². The lowest BCUT2D eigenvalue weighted by Gasteiger charge is -2.33. The Hall–Kier alpha value is 0.310. The maximum atomic E-state index is 4.28. The van der Waals surface area contributed by atoms with Crippen LogP contribution in [0.2, 0.25) is 0 Å². The Kier molecular flexibility index (Phi) is 9.43. The van der Waals surface area contributed by atoms with E-state index >= 15 is 0 Å². The topological polar surface area (TPSA) is 39.7 Å². The summed E-state index contributed by atoms with van der Waals surface area (Å²) < 4.78 is 0. The van der Waals surface area contributed by atoms with E-state index in [9.17, 15) is 0 Å². The zero-order valence-electron chi connectivity index (χ0n) is 12.8. The van der Waals surface area contributed by atoms with Gasteiger partial charge in [-0.05, 0) is 46.5 Å². The molecule has 0 aliphatic carbocycles. The smallest absolute Gasteiger partial charge is 0.191 e. The number of guanidine groups is 1. The largest absolute Gasteiger partial charge is 0.355 e. The van der Waals surface area contributed by atoms with E-state index in [-0.39, 0.29) is 29.5 Å². The summed E-state index contributed by atoms with van der Waals surface area (Å²) in [5, 5.41) is 7.58. The Labute approximate surface area is 139 Å². The predicted molar refractivity (Wildman–Crippen MR) is 98.0 cm³/mol. The first-order chi connectivity index (χ1) is 8.45. The lowest BCUT2D eigenvalue weighted by Crippen LogP contribution is -2.51. The molecule has 1 rings (SSSR count). The Morgan fingerprint density at radius 1 is 1.37 bits per heavy atom. The third-order valence-corrected chi connectivity index (χ3v) is 5.04. The van der Waals surface area contributed by atoms with Gasteiger partial charge < -0.3 is 15.5 Å². The van der Waals surface area contributed by atoms with Crippen molar-refractivity contribution < 1.29 is 0 Å². The van der Waals surface area contributed by atoms with E-state index in [2.05, 4.69) is 60.2 Å². The first-order valence-electron chi connectivity index (χ1n) is 6.69. The fourth-order valence-corrected chi connectivity index (χ4v) is 2.90. The number of thioether (sulfide) groups is 1. The highest BCUT2D eigenvalue weighted by Gasteiger charge is 2.21.